The fourth-order valence-corrected chi connectivity index (χ4v) is 2.75. The third kappa shape index (κ3) is 5.18. The molecule has 0 aromatic rings. The molecule has 0 spiro atoms. The molecule has 120 valence electrons. The minimum Gasteiger partial charge on any atom is -0.462 e. The third-order valence-electron chi connectivity index (χ3n) is 3.78. The Morgan fingerprint density at radius 1 is 0.905 bits per heavy atom. The summed E-state index contributed by atoms with van der Waals surface area (Å²) in [6.07, 6.45) is 6.21. The van der Waals surface area contributed by atoms with Crippen molar-refractivity contribution in [3.05, 3.63) is 11.1 Å². The number of carbonyl (C=O) groups is 2. The second-order valence-electron chi connectivity index (χ2n) is 5.50. The fraction of sp³-hybridized carbons (Fsp3) is 0.765. The molecule has 0 atom stereocenters. The first-order chi connectivity index (χ1) is 10.2. The standard InChI is InChI=1S/C17H28O4/c1-4-11-20-16(18)14(6-3)15(13-9-7-8-10-13)17(19)21-12-5-2/h13H,4-12H2,1-3H3. The topological polar surface area (TPSA) is 52.6 Å². The normalized spacial score (nSPS) is 16.5. The van der Waals surface area contributed by atoms with Gasteiger partial charge in [0.1, 0.15) is 0 Å². The van der Waals surface area contributed by atoms with E-state index in [0.717, 1.165) is 38.5 Å². The number of rotatable bonds is 8. The summed E-state index contributed by atoms with van der Waals surface area (Å²) in [6, 6.07) is 0. The van der Waals surface area contributed by atoms with Crippen LogP contribution >= 0.6 is 0 Å². The van der Waals surface area contributed by atoms with E-state index in [1.54, 1.807) is 0 Å². The maximum absolute atomic E-state index is 12.4. The molecular weight excluding hydrogens is 268 g/mol. The molecule has 0 N–H and O–H groups in total. The summed E-state index contributed by atoms with van der Waals surface area (Å²) in [6.45, 7) is 6.60. The SMILES string of the molecule is CCCOC(=O)C(CC)=C(C(=O)OCCC)C1CCCC1. The summed E-state index contributed by atoms with van der Waals surface area (Å²) in [7, 11) is 0. The lowest BCUT2D eigenvalue weighted by Gasteiger charge is -2.18. The van der Waals surface area contributed by atoms with Gasteiger partial charge in [-0.25, -0.2) is 9.59 Å². The second kappa shape index (κ2) is 9.59. The lowest BCUT2D eigenvalue weighted by atomic mass is 9.91. The Balaban J connectivity index is 3.00. The molecule has 4 nitrogen and oxygen atoms in total. The maximum Gasteiger partial charge on any atom is 0.334 e. The first-order valence-electron chi connectivity index (χ1n) is 8.22. The zero-order valence-electron chi connectivity index (χ0n) is 13.6. The van der Waals surface area contributed by atoms with Crippen molar-refractivity contribution in [2.45, 2.75) is 65.7 Å². The Morgan fingerprint density at radius 2 is 1.43 bits per heavy atom. The zero-order chi connectivity index (χ0) is 15.7. The van der Waals surface area contributed by atoms with Crippen molar-refractivity contribution in [2.24, 2.45) is 5.92 Å². The molecule has 0 aromatic heterocycles. The maximum atomic E-state index is 12.4. The van der Waals surface area contributed by atoms with Crippen LogP contribution in [0.15, 0.2) is 11.1 Å². The van der Waals surface area contributed by atoms with Crippen LogP contribution in [0.25, 0.3) is 0 Å². The Kier molecular flexibility index (Phi) is 8.09. The molecule has 21 heavy (non-hydrogen) atoms. The number of hydrogen-bond acceptors (Lipinski definition) is 4. The van der Waals surface area contributed by atoms with Gasteiger partial charge in [-0.3, -0.25) is 0 Å². The molecule has 0 bridgehead atoms. The van der Waals surface area contributed by atoms with Crippen LogP contribution in [0, 0.1) is 5.92 Å². The van der Waals surface area contributed by atoms with Gasteiger partial charge in [-0.05, 0) is 38.0 Å². The van der Waals surface area contributed by atoms with Gasteiger partial charge in [0.15, 0.2) is 0 Å². The Morgan fingerprint density at radius 3 is 1.90 bits per heavy atom. The van der Waals surface area contributed by atoms with Crippen LogP contribution in [0.1, 0.15) is 65.7 Å². The van der Waals surface area contributed by atoms with E-state index < -0.39 is 0 Å². The van der Waals surface area contributed by atoms with E-state index in [9.17, 15) is 9.59 Å². The fourth-order valence-electron chi connectivity index (χ4n) is 2.75. The van der Waals surface area contributed by atoms with Crippen molar-refractivity contribution in [3.8, 4) is 0 Å². The van der Waals surface area contributed by atoms with Crippen LogP contribution < -0.4 is 0 Å². The summed E-state index contributed by atoms with van der Waals surface area (Å²) in [5, 5.41) is 0. The Labute approximate surface area is 127 Å². The van der Waals surface area contributed by atoms with Gasteiger partial charge in [-0.2, -0.15) is 0 Å². The van der Waals surface area contributed by atoms with Gasteiger partial charge in [-0.15, -0.1) is 0 Å². The van der Waals surface area contributed by atoms with Crippen LogP contribution in [0.4, 0.5) is 0 Å². The first kappa shape index (κ1) is 17.7. The highest BCUT2D eigenvalue weighted by molar-refractivity contribution is 6.00. The zero-order valence-corrected chi connectivity index (χ0v) is 13.6. The molecule has 1 aliphatic rings. The summed E-state index contributed by atoms with van der Waals surface area (Å²) in [4.78, 5) is 24.6. The van der Waals surface area contributed by atoms with Gasteiger partial charge >= 0.3 is 11.9 Å². The summed E-state index contributed by atoms with van der Waals surface area (Å²) in [5.41, 5.74) is 1.08. The van der Waals surface area contributed by atoms with E-state index in [1.807, 2.05) is 20.8 Å². The van der Waals surface area contributed by atoms with Gasteiger partial charge in [0.25, 0.3) is 0 Å². The summed E-state index contributed by atoms with van der Waals surface area (Å²) in [5.74, 6) is -0.526. The lowest BCUT2D eigenvalue weighted by molar-refractivity contribution is -0.143. The number of ether oxygens (including phenoxy) is 2. The van der Waals surface area contributed by atoms with Gasteiger partial charge in [-0.1, -0.05) is 33.6 Å². The van der Waals surface area contributed by atoms with Crippen molar-refractivity contribution in [3.63, 3.8) is 0 Å². The van der Waals surface area contributed by atoms with Crippen LogP contribution in [-0.2, 0) is 19.1 Å². The highest BCUT2D eigenvalue weighted by atomic mass is 16.5. The highest BCUT2D eigenvalue weighted by Crippen LogP contribution is 2.34. The minimum atomic E-state index is -0.352. The molecule has 4 heteroatoms. The van der Waals surface area contributed by atoms with Crippen molar-refractivity contribution in [1.82, 2.24) is 0 Å². The van der Waals surface area contributed by atoms with Gasteiger partial charge < -0.3 is 9.47 Å². The van der Waals surface area contributed by atoms with E-state index in [1.165, 1.54) is 0 Å². The molecule has 1 fully saturated rings. The van der Waals surface area contributed by atoms with Crippen LogP contribution in [0.2, 0.25) is 0 Å². The molecule has 0 aliphatic heterocycles. The molecular formula is C17H28O4. The molecule has 1 rings (SSSR count). The van der Waals surface area contributed by atoms with Gasteiger partial charge in [0.05, 0.1) is 18.8 Å². The van der Waals surface area contributed by atoms with Crippen molar-refractivity contribution in [1.29, 1.82) is 0 Å². The number of esters is 2. The molecule has 0 saturated heterocycles. The predicted octanol–water partition coefficient (Wildman–Crippen LogP) is 3.79. The van der Waals surface area contributed by atoms with Crippen LogP contribution in [-0.4, -0.2) is 25.2 Å². The number of hydrogen-bond donors (Lipinski definition) is 0. The predicted molar refractivity (Wildman–Crippen MR) is 81.8 cm³/mol. The highest BCUT2D eigenvalue weighted by Gasteiger charge is 2.31. The average molecular weight is 296 g/mol. The van der Waals surface area contributed by atoms with Gasteiger partial charge in [0, 0.05) is 5.57 Å². The molecule has 0 heterocycles. The second-order valence-corrected chi connectivity index (χ2v) is 5.50. The van der Waals surface area contributed by atoms with Crippen LogP contribution in [0.3, 0.4) is 0 Å². The Bertz CT molecular complexity index is 378. The summed E-state index contributed by atoms with van der Waals surface area (Å²) >= 11 is 0. The van der Waals surface area contributed by atoms with Gasteiger partial charge in [0.2, 0.25) is 0 Å². The van der Waals surface area contributed by atoms with E-state index in [0.29, 0.717) is 30.8 Å². The molecule has 0 amide bonds. The average Bonchev–Trinajstić information content (AvgIpc) is 3.01. The van der Waals surface area contributed by atoms with E-state index in [2.05, 4.69) is 0 Å². The van der Waals surface area contributed by atoms with Crippen LogP contribution in [0.5, 0.6) is 0 Å². The molecule has 1 aliphatic carbocycles. The largest absolute Gasteiger partial charge is 0.462 e. The van der Waals surface area contributed by atoms with E-state index >= 15 is 0 Å². The Hall–Kier alpha value is -1.32. The van der Waals surface area contributed by atoms with Crippen molar-refractivity contribution >= 4 is 11.9 Å². The summed E-state index contributed by atoms with van der Waals surface area (Å²) < 4.78 is 10.5. The van der Waals surface area contributed by atoms with E-state index in [4.69, 9.17) is 9.47 Å². The van der Waals surface area contributed by atoms with E-state index in [-0.39, 0.29) is 17.9 Å². The lowest BCUT2D eigenvalue weighted by Crippen LogP contribution is -2.21. The molecule has 0 unspecified atom stereocenters. The van der Waals surface area contributed by atoms with Crippen molar-refractivity contribution in [2.75, 3.05) is 13.2 Å². The third-order valence-corrected chi connectivity index (χ3v) is 3.78. The smallest absolute Gasteiger partial charge is 0.334 e. The number of carbonyl (C=O) groups excluding carboxylic acids is 2. The molecule has 1 saturated carbocycles. The molecule has 0 radical (unpaired) electrons. The quantitative estimate of drug-likeness (QED) is 0.505. The van der Waals surface area contributed by atoms with Crippen molar-refractivity contribution < 1.29 is 19.1 Å². The first-order valence-corrected chi connectivity index (χ1v) is 8.22. The molecule has 0 aromatic carbocycles. The monoisotopic (exact) mass is 296 g/mol. The minimum absolute atomic E-state index is 0.151.